The normalized spacial score (nSPS) is 11.6. The van der Waals surface area contributed by atoms with Crippen LogP contribution in [0.4, 0.5) is 23.0 Å². The number of rotatable bonds is 16. The van der Waals surface area contributed by atoms with Gasteiger partial charge in [-0.25, -0.2) is 21.8 Å². The van der Waals surface area contributed by atoms with Crippen LogP contribution in [0.15, 0.2) is 51.2 Å². The molecule has 40 heavy (non-hydrogen) atoms. The molecule has 0 radical (unpaired) electrons. The van der Waals surface area contributed by atoms with Gasteiger partial charge < -0.3 is 24.8 Å². The first kappa shape index (κ1) is 32.2. The van der Waals surface area contributed by atoms with Gasteiger partial charge in [-0.1, -0.05) is 13.2 Å². The van der Waals surface area contributed by atoms with Crippen molar-refractivity contribution in [1.82, 2.24) is 4.98 Å². The van der Waals surface area contributed by atoms with Crippen molar-refractivity contribution in [3.63, 3.8) is 0 Å². The summed E-state index contributed by atoms with van der Waals surface area (Å²) in [6.45, 7) is 9.24. The molecule has 0 saturated carbocycles. The molecule has 1 heterocycles. The van der Waals surface area contributed by atoms with Gasteiger partial charge in [0.25, 0.3) is 0 Å². The van der Waals surface area contributed by atoms with E-state index in [0.29, 0.717) is 25.1 Å². The number of ether oxygens (including phenoxy) is 3. The quantitative estimate of drug-likeness (QED) is 0.212. The number of sulfone groups is 2. The zero-order valence-corrected chi connectivity index (χ0v) is 24.4. The highest BCUT2D eigenvalue weighted by Gasteiger charge is 2.22. The molecule has 2 rings (SSSR count). The Kier molecular flexibility index (Phi) is 11.6. The average Bonchev–Trinajstić information content (AvgIpc) is 2.94. The lowest BCUT2D eigenvalue weighted by atomic mass is 10.1. The van der Waals surface area contributed by atoms with Crippen molar-refractivity contribution in [3.8, 4) is 17.6 Å². The van der Waals surface area contributed by atoms with E-state index in [1.54, 1.807) is 14.0 Å². The molecule has 2 N–H and O–H groups in total. The number of anilines is 2. The van der Waals surface area contributed by atoms with E-state index in [9.17, 15) is 22.1 Å². The maximum Gasteiger partial charge on any atom is 0.203 e. The van der Waals surface area contributed by atoms with Gasteiger partial charge in [0.05, 0.1) is 25.5 Å². The predicted molar refractivity (Wildman–Crippen MR) is 152 cm³/mol. The molecule has 1 aromatic heterocycles. The van der Waals surface area contributed by atoms with E-state index >= 15 is 0 Å². The van der Waals surface area contributed by atoms with Crippen LogP contribution in [-0.4, -0.2) is 68.6 Å². The Morgan fingerprint density at radius 3 is 2.25 bits per heavy atom. The van der Waals surface area contributed by atoms with Crippen molar-refractivity contribution in [2.45, 2.75) is 18.2 Å². The number of nitrogens with one attached hydrogen (secondary N) is 2. The van der Waals surface area contributed by atoms with Crippen molar-refractivity contribution in [2.24, 2.45) is 10.2 Å². The highest BCUT2D eigenvalue weighted by molar-refractivity contribution is 7.94. The van der Waals surface area contributed by atoms with Gasteiger partial charge in [0.2, 0.25) is 9.84 Å². The fourth-order valence-corrected chi connectivity index (χ4v) is 4.80. The maximum absolute atomic E-state index is 12.4. The summed E-state index contributed by atoms with van der Waals surface area (Å²) in [5.41, 5.74) is 0.926. The smallest absolute Gasteiger partial charge is 0.203 e. The Balaban J connectivity index is 2.64. The zero-order valence-electron chi connectivity index (χ0n) is 22.7. The number of benzene rings is 1. The van der Waals surface area contributed by atoms with Gasteiger partial charge in [-0.3, -0.25) is 0 Å². The number of nitriles is 1. The second kappa shape index (κ2) is 14.4. The van der Waals surface area contributed by atoms with Gasteiger partial charge in [0.15, 0.2) is 15.7 Å². The largest absolute Gasteiger partial charge is 0.495 e. The monoisotopic (exact) mass is 592 g/mol. The average molecular weight is 593 g/mol. The van der Waals surface area contributed by atoms with Gasteiger partial charge in [0, 0.05) is 55.3 Å². The minimum Gasteiger partial charge on any atom is -0.495 e. The molecule has 0 aliphatic carbocycles. The molecule has 0 spiro atoms. The zero-order chi connectivity index (χ0) is 29.9. The minimum absolute atomic E-state index is 0.00852. The van der Waals surface area contributed by atoms with Gasteiger partial charge in [-0.15, -0.1) is 10.2 Å². The van der Waals surface area contributed by atoms with Crippen LogP contribution >= 0.6 is 0 Å². The standard InChI is InChI=1S/C25H32N6O7S2/c1-7-39(32,33)13-11-28-25-23(17(3)18(16-26)24(29-25)27-10-9-12-36-4)31-30-19-14-21(38-6)22(15-20(19)37-5)40(34,35)8-2/h7-8,14-15H,1-2,9-13H2,3-6H3,(H2,27,28,29)/b31-30+. The lowest BCUT2D eigenvalue weighted by molar-refractivity contribution is 0.198. The molecule has 0 bridgehead atoms. The number of hydrogen-bond acceptors (Lipinski definition) is 13. The van der Waals surface area contributed by atoms with E-state index in [1.165, 1.54) is 26.4 Å². The summed E-state index contributed by atoms with van der Waals surface area (Å²) in [7, 11) is -3.14. The van der Waals surface area contributed by atoms with E-state index in [-0.39, 0.29) is 57.3 Å². The summed E-state index contributed by atoms with van der Waals surface area (Å²) < 4.78 is 64.3. The summed E-state index contributed by atoms with van der Waals surface area (Å²) in [4.78, 5) is 4.32. The summed E-state index contributed by atoms with van der Waals surface area (Å²) in [6.07, 6.45) is 0.656. The minimum atomic E-state index is -3.86. The highest BCUT2D eigenvalue weighted by atomic mass is 32.2. The van der Waals surface area contributed by atoms with Crippen molar-refractivity contribution in [2.75, 3.05) is 57.4 Å². The van der Waals surface area contributed by atoms with Gasteiger partial charge in [0.1, 0.15) is 39.7 Å². The molecule has 0 saturated heterocycles. The van der Waals surface area contributed by atoms with E-state index in [2.05, 4.69) is 45.1 Å². The Labute approximate surface area is 234 Å². The second-order valence-electron chi connectivity index (χ2n) is 8.09. The molecule has 0 unspecified atom stereocenters. The maximum atomic E-state index is 12.4. The molecule has 0 aliphatic rings. The van der Waals surface area contributed by atoms with Crippen LogP contribution in [-0.2, 0) is 24.4 Å². The molecule has 1 aromatic carbocycles. The highest BCUT2D eigenvalue weighted by Crippen LogP contribution is 2.40. The molecule has 0 atom stereocenters. The number of nitrogens with zero attached hydrogens (tertiary/aromatic N) is 4. The second-order valence-corrected chi connectivity index (χ2v) is 12.0. The van der Waals surface area contributed by atoms with Crippen LogP contribution in [0.2, 0.25) is 0 Å². The third-order valence-corrected chi connectivity index (χ3v) is 8.18. The summed E-state index contributed by atoms with van der Waals surface area (Å²) in [5, 5.41) is 26.1. The Morgan fingerprint density at radius 2 is 1.68 bits per heavy atom. The first-order valence-corrected chi connectivity index (χ1v) is 15.1. The molecule has 0 aliphatic heterocycles. The predicted octanol–water partition coefficient (Wildman–Crippen LogP) is 4.03. The SMILES string of the molecule is C=CS(=O)(=O)CCNc1nc(NCCCOC)c(C#N)c(C)c1/N=N/c1cc(OC)c(S(=O)(=O)C=C)cc1OC. The lowest BCUT2D eigenvalue weighted by Gasteiger charge is -2.16. The molecule has 13 nitrogen and oxygen atoms in total. The lowest BCUT2D eigenvalue weighted by Crippen LogP contribution is -2.16. The fourth-order valence-electron chi connectivity index (χ4n) is 3.37. The van der Waals surface area contributed by atoms with E-state index in [0.717, 1.165) is 10.8 Å². The van der Waals surface area contributed by atoms with Crippen molar-refractivity contribution < 1.29 is 31.0 Å². The summed E-state index contributed by atoms with van der Waals surface area (Å²) >= 11 is 0. The molecule has 15 heteroatoms. The van der Waals surface area contributed by atoms with Crippen molar-refractivity contribution >= 4 is 42.7 Å². The molecular weight excluding hydrogens is 560 g/mol. The van der Waals surface area contributed by atoms with Gasteiger partial charge in [-0.2, -0.15) is 5.26 Å². The molecule has 2 aromatic rings. The summed E-state index contributed by atoms with van der Waals surface area (Å²) in [6, 6.07) is 4.69. The van der Waals surface area contributed by atoms with Crippen LogP contribution in [0, 0.1) is 18.3 Å². The fraction of sp³-hybridized carbons (Fsp3) is 0.360. The first-order valence-electron chi connectivity index (χ1n) is 11.8. The first-order chi connectivity index (χ1) is 19.0. The van der Waals surface area contributed by atoms with Crippen LogP contribution in [0.1, 0.15) is 17.5 Å². The van der Waals surface area contributed by atoms with Crippen LogP contribution in [0.3, 0.4) is 0 Å². The Bertz CT molecular complexity index is 1530. The van der Waals surface area contributed by atoms with E-state index < -0.39 is 19.7 Å². The van der Waals surface area contributed by atoms with E-state index in [1.807, 2.05) is 0 Å². The van der Waals surface area contributed by atoms with E-state index in [4.69, 9.17) is 14.2 Å². The Hall–Kier alpha value is -4.00. The van der Waals surface area contributed by atoms with Crippen molar-refractivity contribution in [3.05, 3.63) is 47.2 Å². The molecular formula is C25H32N6O7S2. The topological polar surface area (TPSA) is 181 Å². The third-order valence-electron chi connectivity index (χ3n) is 5.53. The number of methoxy groups -OCH3 is 3. The van der Waals surface area contributed by atoms with Gasteiger partial charge in [-0.05, 0) is 13.3 Å². The number of hydrogen-bond donors (Lipinski definition) is 2. The summed E-state index contributed by atoms with van der Waals surface area (Å²) in [5.74, 6) is 0.270. The molecule has 0 amide bonds. The third kappa shape index (κ3) is 8.01. The number of aromatic nitrogens is 1. The number of pyridine rings is 1. The number of azo groups is 1. The van der Waals surface area contributed by atoms with Crippen molar-refractivity contribution in [1.29, 1.82) is 5.26 Å². The van der Waals surface area contributed by atoms with Crippen LogP contribution in [0.25, 0.3) is 0 Å². The molecule has 216 valence electrons. The van der Waals surface area contributed by atoms with Gasteiger partial charge >= 0.3 is 0 Å². The van der Waals surface area contributed by atoms with Crippen LogP contribution in [0.5, 0.6) is 11.5 Å². The molecule has 0 fully saturated rings. The van der Waals surface area contributed by atoms with Crippen LogP contribution < -0.4 is 20.1 Å². The Morgan fingerprint density at radius 1 is 1.00 bits per heavy atom.